The number of allylic oxidation sites excluding steroid dienone is 2. The van der Waals surface area contributed by atoms with E-state index >= 15 is 0 Å². The van der Waals surface area contributed by atoms with Crippen molar-refractivity contribution >= 4 is 35.2 Å². The summed E-state index contributed by atoms with van der Waals surface area (Å²) < 4.78 is 6.41. The molecule has 1 aromatic rings. The van der Waals surface area contributed by atoms with Crippen LogP contribution in [0.2, 0.25) is 5.02 Å². The molecule has 6 aliphatic rings. The number of esters is 1. The number of carboxylic acids is 1. The Labute approximate surface area is 328 Å². The first-order chi connectivity index (χ1) is 25.1. The number of carbonyl (C=O) groups is 4. The van der Waals surface area contributed by atoms with Gasteiger partial charge in [-0.05, 0) is 126 Å². The monoisotopic (exact) mass is 761 g/mol. The number of ether oxygens (including phenoxy) is 1. The van der Waals surface area contributed by atoms with Crippen LogP contribution in [-0.4, -0.2) is 34.8 Å². The number of nitrogens with one attached hydrogen (secondary N) is 1. The summed E-state index contributed by atoms with van der Waals surface area (Å²) in [6.07, 6.45) is 8.94. The fraction of sp³-hybridized carbons (Fsp3) is 0.739. The third-order valence-corrected chi connectivity index (χ3v) is 17.8. The Hall–Kier alpha value is -2.67. The predicted molar refractivity (Wildman–Crippen MR) is 210 cm³/mol. The van der Waals surface area contributed by atoms with Gasteiger partial charge in [-0.2, -0.15) is 0 Å². The molecule has 296 valence electrons. The molecule has 7 nitrogen and oxygen atoms in total. The fourth-order valence-electron chi connectivity index (χ4n) is 14.3. The summed E-state index contributed by atoms with van der Waals surface area (Å²) in [6, 6.07) is 7.57. The van der Waals surface area contributed by atoms with Crippen LogP contribution >= 0.6 is 11.6 Å². The number of fused-ring (bicyclic) bond motifs is 7. The Morgan fingerprint density at radius 3 is 2.17 bits per heavy atom. The van der Waals surface area contributed by atoms with E-state index in [4.69, 9.17) is 16.3 Å². The molecule has 0 unspecified atom stereocenters. The molecule has 0 heterocycles. The topological polar surface area (TPSA) is 110 Å². The predicted octanol–water partition coefficient (Wildman–Crippen LogP) is 9.99. The zero-order valence-corrected chi connectivity index (χ0v) is 35.0. The molecule has 8 heteroatoms. The van der Waals surface area contributed by atoms with Gasteiger partial charge in [-0.3, -0.25) is 19.2 Å². The van der Waals surface area contributed by atoms with Gasteiger partial charge in [0.1, 0.15) is 6.10 Å². The van der Waals surface area contributed by atoms with E-state index in [1.807, 2.05) is 38.1 Å². The van der Waals surface area contributed by atoms with Gasteiger partial charge in [0.25, 0.3) is 0 Å². The number of ketones is 1. The third-order valence-electron chi connectivity index (χ3n) is 17.5. The van der Waals surface area contributed by atoms with Crippen molar-refractivity contribution in [2.75, 3.05) is 0 Å². The van der Waals surface area contributed by atoms with Gasteiger partial charge in [-0.1, -0.05) is 91.6 Å². The largest absolute Gasteiger partial charge is 0.481 e. The minimum Gasteiger partial charge on any atom is -0.481 e. The normalized spacial score (nSPS) is 40.5. The number of halogens is 1. The number of Topliss-reactive ketones (excluding diaryl/α,β-unsaturated/α-hetero) is 1. The van der Waals surface area contributed by atoms with Gasteiger partial charge >= 0.3 is 11.9 Å². The Morgan fingerprint density at radius 2 is 1.54 bits per heavy atom. The molecule has 54 heavy (non-hydrogen) atoms. The second-order valence-corrected chi connectivity index (χ2v) is 21.3. The van der Waals surface area contributed by atoms with E-state index in [9.17, 15) is 24.3 Å². The van der Waals surface area contributed by atoms with Crippen LogP contribution in [0.25, 0.3) is 0 Å². The van der Waals surface area contributed by atoms with E-state index in [-0.39, 0.29) is 63.2 Å². The molecule has 6 aliphatic carbocycles. The number of rotatable bonds is 8. The van der Waals surface area contributed by atoms with Crippen molar-refractivity contribution in [3.63, 3.8) is 0 Å². The van der Waals surface area contributed by atoms with Crippen LogP contribution in [0.1, 0.15) is 139 Å². The number of benzene rings is 1. The van der Waals surface area contributed by atoms with Crippen LogP contribution in [0.5, 0.6) is 0 Å². The van der Waals surface area contributed by atoms with E-state index in [1.54, 1.807) is 0 Å². The maximum absolute atomic E-state index is 14.0. The highest BCUT2D eigenvalue weighted by molar-refractivity contribution is 6.30. The van der Waals surface area contributed by atoms with Gasteiger partial charge in [0.15, 0.2) is 5.78 Å². The van der Waals surface area contributed by atoms with Gasteiger partial charge in [0.05, 0.1) is 11.8 Å². The first-order valence-corrected chi connectivity index (χ1v) is 21.2. The molecule has 10 atom stereocenters. The Morgan fingerprint density at radius 1 is 0.852 bits per heavy atom. The lowest BCUT2D eigenvalue weighted by atomic mass is 9.33. The molecule has 0 spiro atoms. The number of aliphatic carboxylic acids is 1. The summed E-state index contributed by atoms with van der Waals surface area (Å²) >= 11 is 6.09. The molecule has 0 aromatic heterocycles. The highest BCUT2D eigenvalue weighted by atomic mass is 35.5. The van der Waals surface area contributed by atoms with Crippen molar-refractivity contribution in [3.05, 3.63) is 46.0 Å². The molecular weight excluding hydrogens is 698 g/mol. The highest BCUT2D eigenvalue weighted by Crippen LogP contribution is 2.77. The molecular formula is C46H64ClNO6. The maximum atomic E-state index is 14.0. The van der Waals surface area contributed by atoms with Gasteiger partial charge in [-0.25, -0.2) is 0 Å². The van der Waals surface area contributed by atoms with Crippen LogP contribution in [0, 0.1) is 68.0 Å². The molecule has 0 aliphatic heterocycles. The number of amides is 1. The Bertz CT molecular complexity index is 1760. The number of hydrogen-bond donors (Lipinski definition) is 2. The van der Waals surface area contributed by atoms with E-state index in [0.29, 0.717) is 42.7 Å². The number of carboxylic acid groups (broad SMARTS) is 1. The lowest BCUT2D eigenvalue weighted by molar-refractivity contribution is -0.236. The Kier molecular flexibility index (Phi) is 9.67. The lowest BCUT2D eigenvalue weighted by Gasteiger charge is -2.72. The molecule has 5 saturated carbocycles. The molecule has 5 fully saturated rings. The highest BCUT2D eigenvalue weighted by Gasteiger charge is 2.70. The lowest BCUT2D eigenvalue weighted by Crippen LogP contribution is -2.66. The van der Waals surface area contributed by atoms with E-state index in [1.165, 1.54) is 5.57 Å². The van der Waals surface area contributed by atoms with Crippen molar-refractivity contribution in [1.29, 1.82) is 0 Å². The van der Waals surface area contributed by atoms with Crippen LogP contribution < -0.4 is 5.32 Å². The summed E-state index contributed by atoms with van der Waals surface area (Å²) in [5, 5.41) is 13.5. The third kappa shape index (κ3) is 5.77. The summed E-state index contributed by atoms with van der Waals surface area (Å²) in [5.74, 6) is -0.414. The minimum absolute atomic E-state index is 0.00276. The standard InChI is InChI=1S/C46H64ClNO6/c1-26(2)37-32(49)23-46(24-36(50)48-25-27-10-12-28(47)13-11-27)21-20-44(8)29(38(37)46)14-15-34-43(7)18-17-35(42(5,6)33(43)16-19-45(34,44)9)54-40(53)31-22-30(39(51)52)41(31,3)4/h10-13,26,29-31,33-35H,14-25H2,1-9H3,(H,48,50)(H,51,52)/t29-,30-,31+,33+,34-,35+,43+,44-,45-,46+/m1/s1. The summed E-state index contributed by atoms with van der Waals surface area (Å²) in [7, 11) is 0. The summed E-state index contributed by atoms with van der Waals surface area (Å²) in [5.41, 5.74) is 2.23. The van der Waals surface area contributed by atoms with Crippen LogP contribution in [0.3, 0.4) is 0 Å². The molecule has 2 N–H and O–H groups in total. The van der Waals surface area contributed by atoms with Crippen LogP contribution in [0.15, 0.2) is 35.4 Å². The summed E-state index contributed by atoms with van der Waals surface area (Å²) in [6.45, 7) is 20.8. The van der Waals surface area contributed by atoms with Gasteiger partial charge in [0.2, 0.25) is 5.91 Å². The van der Waals surface area contributed by atoms with Crippen LogP contribution in [-0.2, 0) is 30.5 Å². The molecule has 0 radical (unpaired) electrons. The molecule has 1 aromatic carbocycles. The quantitative estimate of drug-likeness (QED) is 0.255. The first kappa shape index (κ1) is 39.6. The van der Waals surface area contributed by atoms with Crippen molar-refractivity contribution in [2.24, 2.45) is 68.0 Å². The summed E-state index contributed by atoms with van der Waals surface area (Å²) in [4.78, 5) is 53.2. The maximum Gasteiger partial charge on any atom is 0.309 e. The molecule has 1 amide bonds. The fourth-order valence-corrected chi connectivity index (χ4v) is 14.4. The molecule has 0 bridgehead atoms. The average Bonchev–Trinajstić information content (AvgIpc) is 3.37. The van der Waals surface area contributed by atoms with Gasteiger partial charge in [-0.15, -0.1) is 0 Å². The minimum atomic E-state index is -0.831. The van der Waals surface area contributed by atoms with E-state index < -0.39 is 22.7 Å². The van der Waals surface area contributed by atoms with Gasteiger partial charge < -0.3 is 15.2 Å². The van der Waals surface area contributed by atoms with Crippen molar-refractivity contribution in [1.82, 2.24) is 5.32 Å². The zero-order chi connectivity index (χ0) is 39.4. The second kappa shape index (κ2) is 13.2. The zero-order valence-electron chi connectivity index (χ0n) is 34.2. The number of hydrogen-bond acceptors (Lipinski definition) is 5. The first-order valence-electron chi connectivity index (χ1n) is 20.8. The Balaban J connectivity index is 1.12. The van der Waals surface area contributed by atoms with Crippen molar-refractivity contribution in [2.45, 2.75) is 146 Å². The van der Waals surface area contributed by atoms with Crippen LogP contribution in [0.4, 0.5) is 0 Å². The van der Waals surface area contributed by atoms with Gasteiger partial charge in [0, 0.05) is 35.2 Å². The SMILES string of the molecule is CC(C)C1=C2[C@H]3CC[C@@H]4[C@@]5(C)CC[C@H](OC(=O)[C@@H]6C[C@H](C(=O)O)C6(C)C)C(C)(C)[C@@H]5CC[C@@]4(C)[C@]3(C)CC[C@@]2(CC(=O)NCc2ccc(Cl)cc2)CC1=O. The average molecular weight is 762 g/mol. The number of carbonyl (C=O) groups excluding carboxylic acids is 3. The molecule has 7 rings (SSSR count). The second-order valence-electron chi connectivity index (χ2n) is 20.8. The van der Waals surface area contributed by atoms with E-state index in [2.05, 4.69) is 53.8 Å². The van der Waals surface area contributed by atoms with Crippen molar-refractivity contribution in [3.8, 4) is 0 Å². The smallest absolute Gasteiger partial charge is 0.309 e. The molecule has 0 saturated heterocycles. The van der Waals surface area contributed by atoms with Crippen molar-refractivity contribution < 1.29 is 29.0 Å². The van der Waals surface area contributed by atoms with E-state index in [0.717, 1.165) is 62.5 Å².